The van der Waals surface area contributed by atoms with Crippen LogP contribution in [0.2, 0.25) is 0 Å². The van der Waals surface area contributed by atoms with Crippen molar-refractivity contribution in [3.05, 3.63) is 0 Å². The molecular formula is C15H31NO. The standard InChI is InChI=1S/C15H31NO/c1-14(2,3)10-7-8-12-16-13(17)9-11-15(4,5)6/h7-12H2,1-6H3,(H,16,17). The van der Waals surface area contributed by atoms with E-state index in [-0.39, 0.29) is 11.3 Å². The largest absolute Gasteiger partial charge is 0.356 e. The van der Waals surface area contributed by atoms with E-state index in [1.807, 2.05) is 0 Å². The van der Waals surface area contributed by atoms with Crippen LogP contribution < -0.4 is 5.32 Å². The molecule has 0 spiro atoms. The fourth-order valence-electron chi connectivity index (χ4n) is 1.59. The van der Waals surface area contributed by atoms with E-state index in [1.54, 1.807) is 0 Å². The minimum absolute atomic E-state index is 0.204. The third kappa shape index (κ3) is 13.4. The first kappa shape index (κ1) is 16.5. The number of unbranched alkanes of at least 4 members (excludes halogenated alkanes) is 1. The van der Waals surface area contributed by atoms with Gasteiger partial charge in [-0.25, -0.2) is 0 Å². The molecule has 0 atom stereocenters. The molecule has 0 fully saturated rings. The fraction of sp³-hybridized carbons (Fsp3) is 0.933. The first-order chi connectivity index (χ1) is 7.60. The Morgan fingerprint density at radius 2 is 1.41 bits per heavy atom. The van der Waals surface area contributed by atoms with Gasteiger partial charge in [0, 0.05) is 13.0 Å². The highest BCUT2D eigenvalue weighted by Gasteiger charge is 2.12. The summed E-state index contributed by atoms with van der Waals surface area (Å²) in [6.07, 6.45) is 5.13. The third-order valence-electron chi connectivity index (χ3n) is 2.78. The summed E-state index contributed by atoms with van der Waals surface area (Å²) in [5.74, 6) is 0.204. The van der Waals surface area contributed by atoms with Crippen molar-refractivity contribution in [2.24, 2.45) is 10.8 Å². The second kappa shape index (κ2) is 7.03. The van der Waals surface area contributed by atoms with Gasteiger partial charge in [0.2, 0.25) is 5.91 Å². The van der Waals surface area contributed by atoms with E-state index in [4.69, 9.17) is 0 Å². The quantitative estimate of drug-likeness (QED) is 0.696. The lowest BCUT2D eigenvalue weighted by Gasteiger charge is -2.18. The minimum atomic E-state index is 0.204. The Labute approximate surface area is 108 Å². The topological polar surface area (TPSA) is 29.1 Å². The predicted octanol–water partition coefficient (Wildman–Crippen LogP) is 4.15. The molecule has 0 saturated carbocycles. The molecule has 0 radical (unpaired) electrons. The van der Waals surface area contributed by atoms with Gasteiger partial charge in [0.1, 0.15) is 0 Å². The molecule has 1 N–H and O–H groups in total. The van der Waals surface area contributed by atoms with Crippen LogP contribution in [0.15, 0.2) is 0 Å². The second-order valence-electron chi connectivity index (χ2n) is 7.43. The van der Waals surface area contributed by atoms with Crippen molar-refractivity contribution in [1.29, 1.82) is 0 Å². The molecule has 0 rings (SSSR count). The molecular weight excluding hydrogens is 210 g/mol. The second-order valence-corrected chi connectivity index (χ2v) is 7.43. The van der Waals surface area contributed by atoms with Crippen molar-refractivity contribution in [2.75, 3.05) is 6.54 Å². The molecule has 2 heteroatoms. The van der Waals surface area contributed by atoms with Crippen molar-refractivity contribution >= 4 is 5.91 Å². The van der Waals surface area contributed by atoms with Crippen LogP contribution in [0.5, 0.6) is 0 Å². The Morgan fingerprint density at radius 3 is 1.88 bits per heavy atom. The van der Waals surface area contributed by atoms with E-state index in [1.165, 1.54) is 12.8 Å². The van der Waals surface area contributed by atoms with E-state index < -0.39 is 0 Å². The van der Waals surface area contributed by atoms with E-state index in [2.05, 4.69) is 46.9 Å². The molecule has 1 amide bonds. The molecule has 0 unspecified atom stereocenters. The van der Waals surface area contributed by atoms with E-state index >= 15 is 0 Å². The molecule has 17 heavy (non-hydrogen) atoms. The molecule has 0 aromatic rings. The molecule has 0 aromatic carbocycles. The lowest BCUT2D eigenvalue weighted by molar-refractivity contribution is -0.121. The lowest BCUT2D eigenvalue weighted by atomic mass is 9.90. The van der Waals surface area contributed by atoms with Crippen molar-refractivity contribution in [2.45, 2.75) is 73.6 Å². The van der Waals surface area contributed by atoms with Gasteiger partial charge in [0.25, 0.3) is 0 Å². The number of carbonyl (C=O) groups is 1. The predicted molar refractivity (Wildman–Crippen MR) is 75.0 cm³/mol. The smallest absolute Gasteiger partial charge is 0.220 e. The van der Waals surface area contributed by atoms with Gasteiger partial charge in [0.15, 0.2) is 0 Å². The molecule has 0 aromatic heterocycles. The fourth-order valence-corrected chi connectivity index (χ4v) is 1.59. The third-order valence-corrected chi connectivity index (χ3v) is 2.78. The number of rotatable bonds is 6. The van der Waals surface area contributed by atoms with Crippen molar-refractivity contribution in [3.8, 4) is 0 Å². The van der Waals surface area contributed by atoms with Crippen LogP contribution >= 0.6 is 0 Å². The number of nitrogens with one attached hydrogen (secondary N) is 1. The van der Waals surface area contributed by atoms with Gasteiger partial charge in [-0.3, -0.25) is 4.79 Å². The summed E-state index contributed by atoms with van der Waals surface area (Å²) < 4.78 is 0. The van der Waals surface area contributed by atoms with Crippen LogP contribution in [0.1, 0.15) is 73.6 Å². The molecule has 0 aliphatic carbocycles. The summed E-state index contributed by atoms with van der Waals surface area (Å²) in [5.41, 5.74) is 0.666. The highest BCUT2D eigenvalue weighted by molar-refractivity contribution is 5.75. The van der Waals surface area contributed by atoms with E-state index in [0.717, 1.165) is 19.4 Å². The van der Waals surface area contributed by atoms with Gasteiger partial charge in [0.05, 0.1) is 0 Å². The first-order valence-corrected chi connectivity index (χ1v) is 6.87. The van der Waals surface area contributed by atoms with Gasteiger partial charge >= 0.3 is 0 Å². The van der Waals surface area contributed by atoms with Gasteiger partial charge in [-0.2, -0.15) is 0 Å². The maximum absolute atomic E-state index is 11.5. The normalized spacial score (nSPS) is 12.6. The van der Waals surface area contributed by atoms with E-state index in [9.17, 15) is 4.79 Å². The molecule has 0 saturated heterocycles. The molecule has 0 aliphatic rings. The summed E-state index contributed by atoms with van der Waals surface area (Å²) in [5, 5.41) is 3.00. The molecule has 2 nitrogen and oxygen atoms in total. The van der Waals surface area contributed by atoms with Gasteiger partial charge in [-0.15, -0.1) is 0 Å². The number of amides is 1. The zero-order chi connectivity index (χ0) is 13.5. The molecule has 0 heterocycles. The van der Waals surface area contributed by atoms with Crippen LogP contribution in [0, 0.1) is 10.8 Å². The van der Waals surface area contributed by atoms with Crippen molar-refractivity contribution in [3.63, 3.8) is 0 Å². The maximum atomic E-state index is 11.5. The summed E-state index contributed by atoms with van der Waals surface area (Å²) >= 11 is 0. The maximum Gasteiger partial charge on any atom is 0.220 e. The van der Waals surface area contributed by atoms with Gasteiger partial charge < -0.3 is 5.32 Å². The van der Waals surface area contributed by atoms with Crippen molar-refractivity contribution in [1.82, 2.24) is 5.32 Å². The summed E-state index contributed by atoms with van der Waals surface area (Å²) in [6.45, 7) is 14.1. The van der Waals surface area contributed by atoms with Gasteiger partial charge in [-0.05, 0) is 30.1 Å². The van der Waals surface area contributed by atoms with Crippen LogP contribution in [0.4, 0.5) is 0 Å². The van der Waals surface area contributed by atoms with Crippen LogP contribution in [0.3, 0.4) is 0 Å². The summed E-state index contributed by atoms with van der Waals surface area (Å²) in [6, 6.07) is 0. The van der Waals surface area contributed by atoms with Crippen molar-refractivity contribution < 1.29 is 4.79 Å². The number of hydrogen-bond donors (Lipinski definition) is 1. The summed E-state index contributed by atoms with van der Waals surface area (Å²) in [4.78, 5) is 11.5. The molecule has 102 valence electrons. The minimum Gasteiger partial charge on any atom is -0.356 e. The van der Waals surface area contributed by atoms with Gasteiger partial charge in [-0.1, -0.05) is 48.0 Å². The monoisotopic (exact) mass is 241 g/mol. The zero-order valence-electron chi connectivity index (χ0n) is 12.7. The highest BCUT2D eigenvalue weighted by Crippen LogP contribution is 2.21. The average molecular weight is 241 g/mol. The number of carbonyl (C=O) groups excluding carboxylic acids is 1. The van der Waals surface area contributed by atoms with Crippen LogP contribution in [-0.2, 0) is 4.79 Å². The lowest BCUT2D eigenvalue weighted by Crippen LogP contribution is -2.25. The first-order valence-electron chi connectivity index (χ1n) is 6.87. The number of hydrogen-bond acceptors (Lipinski definition) is 1. The van der Waals surface area contributed by atoms with Crippen LogP contribution in [-0.4, -0.2) is 12.5 Å². The molecule has 0 bridgehead atoms. The average Bonchev–Trinajstić information content (AvgIpc) is 2.11. The van der Waals surface area contributed by atoms with Crippen LogP contribution in [0.25, 0.3) is 0 Å². The molecule has 0 aliphatic heterocycles. The SMILES string of the molecule is CC(C)(C)CCCCNC(=O)CCC(C)(C)C. The Balaban J connectivity index is 3.47. The zero-order valence-corrected chi connectivity index (χ0v) is 12.7. The Morgan fingerprint density at radius 1 is 0.882 bits per heavy atom. The Kier molecular flexibility index (Phi) is 6.81. The Bertz CT molecular complexity index is 220. The highest BCUT2D eigenvalue weighted by atomic mass is 16.1. The Hall–Kier alpha value is -0.530. The summed E-state index contributed by atoms with van der Waals surface area (Å²) in [7, 11) is 0. The van der Waals surface area contributed by atoms with E-state index in [0.29, 0.717) is 11.8 Å².